The number of nitrogens with zero attached hydrogens (tertiary/aromatic N) is 1. The molecule has 1 amide bonds. The number of carbonyl (C=O) groups excluding carboxylic acids is 1. The molecule has 2 aromatic rings. The number of nitrogens with one attached hydrogen (secondary N) is 1. The number of pyridine rings is 1. The van der Waals surface area contributed by atoms with Crippen molar-refractivity contribution in [3.63, 3.8) is 0 Å². The van der Waals surface area contributed by atoms with Crippen molar-refractivity contribution in [3.8, 4) is 5.88 Å². The van der Waals surface area contributed by atoms with Crippen LogP contribution >= 0.6 is 11.6 Å². The minimum Gasteiger partial charge on any atom is -0.474 e. The highest BCUT2D eigenvalue weighted by Crippen LogP contribution is 2.24. The Hall–Kier alpha value is -2.21. The molecular weight excluding hydrogens is 350 g/mol. The fourth-order valence-electron chi connectivity index (χ4n) is 2.83. The molecule has 1 aliphatic rings. The Labute approximate surface area is 149 Å². The molecule has 1 heterocycles. The second-order valence-corrected chi connectivity index (χ2v) is 6.44. The van der Waals surface area contributed by atoms with E-state index in [1.165, 1.54) is 12.3 Å². The summed E-state index contributed by atoms with van der Waals surface area (Å²) in [4.78, 5) is 16.2. The fraction of sp³-hybridized carbons (Fsp3) is 0.333. The molecule has 25 heavy (non-hydrogen) atoms. The van der Waals surface area contributed by atoms with Gasteiger partial charge < -0.3 is 10.1 Å². The lowest BCUT2D eigenvalue weighted by atomic mass is 9.92. The van der Waals surface area contributed by atoms with E-state index in [0.717, 1.165) is 37.8 Å². The van der Waals surface area contributed by atoms with Gasteiger partial charge in [-0.3, -0.25) is 4.79 Å². The Morgan fingerprint density at radius 2 is 1.88 bits per heavy atom. The van der Waals surface area contributed by atoms with Crippen LogP contribution in [-0.4, -0.2) is 23.0 Å². The highest BCUT2D eigenvalue weighted by atomic mass is 35.5. The molecule has 132 valence electrons. The summed E-state index contributed by atoms with van der Waals surface area (Å²) in [5.41, 5.74) is 0.114. The van der Waals surface area contributed by atoms with Crippen molar-refractivity contribution < 1.29 is 18.3 Å². The van der Waals surface area contributed by atoms with Gasteiger partial charge in [0.25, 0.3) is 5.91 Å². The minimum atomic E-state index is -1.03. The number of ether oxygens (including phenoxy) is 1. The van der Waals surface area contributed by atoms with Gasteiger partial charge in [-0.1, -0.05) is 11.6 Å². The van der Waals surface area contributed by atoms with Gasteiger partial charge >= 0.3 is 0 Å². The van der Waals surface area contributed by atoms with Crippen LogP contribution in [0, 0.1) is 11.6 Å². The van der Waals surface area contributed by atoms with E-state index in [2.05, 4.69) is 10.3 Å². The first-order chi connectivity index (χ1) is 12.0. The smallest absolute Gasteiger partial charge is 0.251 e. The lowest BCUT2D eigenvalue weighted by molar-refractivity contribution is 0.0889. The van der Waals surface area contributed by atoms with E-state index in [1.54, 1.807) is 12.1 Å². The van der Waals surface area contributed by atoms with E-state index in [0.29, 0.717) is 10.9 Å². The summed E-state index contributed by atoms with van der Waals surface area (Å²) in [5, 5.41) is 3.41. The number of hydrogen-bond acceptors (Lipinski definition) is 3. The highest BCUT2D eigenvalue weighted by molar-refractivity contribution is 6.30. The van der Waals surface area contributed by atoms with Crippen LogP contribution < -0.4 is 10.1 Å². The molecule has 0 saturated heterocycles. The maximum absolute atomic E-state index is 13.2. The summed E-state index contributed by atoms with van der Waals surface area (Å²) >= 11 is 5.79. The van der Waals surface area contributed by atoms with E-state index in [4.69, 9.17) is 16.3 Å². The summed E-state index contributed by atoms with van der Waals surface area (Å²) in [6.45, 7) is 0. The molecule has 1 aromatic carbocycles. The van der Waals surface area contributed by atoms with E-state index < -0.39 is 17.5 Å². The first kappa shape index (κ1) is 17.6. The zero-order valence-electron chi connectivity index (χ0n) is 13.3. The van der Waals surface area contributed by atoms with Crippen LogP contribution in [0.2, 0.25) is 5.02 Å². The molecule has 1 aliphatic carbocycles. The fourth-order valence-corrected chi connectivity index (χ4v) is 2.95. The molecule has 0 bridgehead atoms. The first-order valence-electron chi connectivity index (χ1n) is 8.05. The Balaban J connectivity index is 1.49. The van der Waals surface area contributed by atoms with Crippen LogP contribution in [0.1, 0.15) is 36.0 Å². The number of hydrogen-bond donors (Lipinski definition) is 1. The van der Waals surface area contributed by atoms with Crippen molar-refractivity contribution in [2.45, 2.75) is 37.8 Å². The Morgan fingerprint density at radius 1 is 1.12 bits per heavy atom. The SMILES string of the molecule is O=C(NC1CCC(Oc2ccc(Cl)cn2)CC1)c1ccc(F)c(F)c1. The van der Waals surface area contributed by atoms with Crippen LogP contribution in [-0.2, 0) is 0 Å². The van der Waals surface area contributed by atoms with Gasteiger partial charge in [0.05, 0.1) is 5.02 Å². The standard InChI is InChI=1S/C18H17ClF2N2O2/c19-12-2-8-17(22-10-12)25-14-5-3-13(4-6-14)23-18(24)11-1-7-15(20)16(21)9-11/h1-2,7-10,13-14H,3-6H2,(H,23,24). The van der Waals surface area contributed by atoms with Crippen molar-refractivity contribution >= 4 is 17.5 Å². The number of halogens is 3. The van der Waals surface area contributed by atoms with Gasteiger partial charge in [-0.25, -0.2) is 13.8 Å². The molecule has 3 rings (SSSR count). The maximum Gasteiger partial charge on any atom is 0.251 e. The van der Waals surface area contributed by atoms with Crippen molar-refractivity contribution in [1.82, 2.24) is 10.3 Å². The average Bonchev–Trinajstić information content (AvgIpc) is 2.61. The van der Waals surface area contributed by atoms with Gasteiger partial charge in [0.2, 0.25) is 5.88 Å². The molecule has 1 aromatic heterocycles. The first-order valence-corrected chi connectivity index (χ1v) is 8.43. The second kappa shape index (κ2) is 7.78. The lowest BCUT2D eigenvalue weighted by Crippen LogP contribution is -2.39. The second-order valence-electron chi connectivity index (χ2n) is 6.01. The molecule has 0 spiro atoms. The number of rotatable bonds is 4. The minimum absolute atomic E-state index is 0.0151. The normalized spacial score (nSPS) is 20.1. The number of aromatic nitrogens is 1. The summed E-state index contributed by atoms with van der Waals surface area (Å²) in [5.74, 6) is -1.87. The van der Waals surface area contributed by atoms with E-state index in [1.807, 2.05) is 0 Å². The number of carbonyl (C=O) groups is 1. The van der Waals surface area contributed by atoms with E-state index in [-0.39, 0.29) is 17.7 Å². The third-order valence-corrected chi connectivity index (χ3v) is 4.40. The van der Waals surface area contributed by atoms with E-state index in [9.17, 15) is 13.6 Å². The topological polar surface area (TPSA) is 51.2 Å². The highest BCUT2D eigenvalue weighted by Gasteiger charge is 2.24. The summed E-state index contributed by atoms with van der Waals surface area (Å²) < 4.78 is 32.0. The van der Waals surface area contributed by atoms with Crippen molar-refractivity contribution in [3.05, 3.63) is 58.7 Å². The average molecular weight is 367 g/mol. The van der Waals surface area contributed by atoms with Gasteiger partial charge in [-0.2, -0.15) is 0 Å². The molecule has 1 saturated carbocycles. The zero-order chi connectivity index (χ0) is 17.8. The van der Waals surface area contributed by atoms with Crippen LogP contribution in [0.5, 0.6) is 5.88 Å². The molecule has 7 heteroatoms. The molecule has 4 nitrogen and oxygen atoms in total. The van der Waals surface area contributed by atoms with Crippen molar-refractivity contribution in [2.24, 2.45) is 0 Å². The van der Waals surface area contributed by atoms with Crippen molar-refractivity contribution in [1.29, 1.82) is 0 Å². The van der Waals surface area contributed by atoms with Crippen LogP contribution in [0.4, 0.5) is 8.78 Å². The van der Waals surface area contributed by atoms with Gasteiger partial charge in [0, 0.05) is 23.9 Å². The Morgan fingerprint density at radius 3 is 2.52 bits per heavy atom. The molecule has 1 N–H and O–H groups in total. The van der Waals surface area contributed by atoms with E-state index >= 15 is 0 Å². The molecular formula is C18H17ClF2N2O2. The molecule has 1 fully saturated rings. The van der Waals surface area contributed by atoms with Gasteiger partial charge in [0.1, 0.15) is 6.10 Å². The molecule has 0 unspecified atom stereocenters. The maximum atomic E-state index is 13.2. The molecule has 0 aliphatic heterocycles. The van der Waals surface area contributed by atoms with Crippen molar-refractivity contribution in [2.75, 3.05) is 0 Å². The quantitative estimate of drug-likeness (QED) is 0.885. The van der Waals surface area contributed by atoms with Gasteiger partial charge in [-0.15, -0.1) is 0 Å². The van der Waals surface area contributed by atoms with Gasteiger partial charge in [0.15, 0.2) is 11.6 Å². The number of amides is 1. The lowest BCUT2D eigenvalue weighted by Gasteiger charge is -2.29. The van der Waals surface area contributed by atoms with Gasteiger partial charge in [-0.05, 0) is 49.9 Å². The Bertz CT molecular complexity index is 747. The third kappa shape index (κ3) is 4.66. The van der Waals surface area contributed by atoms with Crippen LogP contribution in [0.15, 0.2) is 36.5 Å². The summed E-state index contributed by atoms with van der Waals surface area (Å²) in [6, 6.07) is 6.56. The summed E-state index contributed by atoms with van der Waals surface area (Å²) in [7, 11) is 0. The van der Waals surface area contributed by atoms with Crippen LogP contribution in [0.25, 0.3) is 0 Å². The Kier molecular flexibility index (Phi) is 5.48. The van der Waals surface area contributed by atoms with Crippen LogP contribution in [0.3, 0.4) is 0 Å². The predicted octanol–water partition coefficient (Wildman–Crippen LogP) is 4.13. The molecule has 0 atom stereocenters. The monoisotopic (exact) mass is 366 g/mol. The predicted molar refractivity (Wildman–Crippen MR) is 89.7 cm³/mol. The number of benzene rings is 1. The third-order valence-electron chi connectivity index (χ3n) is 4.18. The summed E-state index contributed by atoms with van der Waals surface area (Å²) in [6.07, 6.45) is 4.59. The largest absolute Gasteiger partial charge is 0.474 e. The molecule has 0 radical (unpaired) electrons. The zero-order valence-corrected chi connectivity index (χ0v) is 14.1.